The highest BCUT2D eigenvalue weighted by atomic mass is 32.1. The fraction of sp³-hybridized carbons (Fsp3) is 0.148. The molecule has 11 heteroatoms. The first-order valence-corrected chi connectivity index (χ1v) is 12.7. The van der Waals surface area contributed by atoms with Gasteiger partial charge in [-0.1, -0.05) is 0 Å². The highest BCUT2D eigenvalue weighted by Crippen LogP contribution is 2.33. The van der Waals surface area contributed by atoms with Crippen molar-refractivity contribution in [3.63, 3.8) is 0 Å². The van der Waals surface area contributed by atoms with Crippen molar-refractivity contribution in [3.8, 4) is 21.6 Å². The van der Waals surface area contributed by atoms with E-state index in [1.54, 1.807) is 43.1 Å². The number of nitrogens with two attached hydrogens (primary N) is 1. The summed E-state index contributed by atoms with van der Waals surface area (Å²) in [5.41, 5.74) is 10.8. The number of hydrogen-bond acceptors (Lipinski definition) is 9. The molecule has 0 unspecified atom stereocenters. The number of Topliss-reactive ketones (excluding diaryl/α,β-unsaturated/α-hetero) is 1. The Balaban J connectivity index is 1.33. The van der Waals surface area contributed by atoms with Gasteiger partial charge in [0.15, 0.2) is 11.6 Å². The average Bonchev–Trinajstić information content (AvgIpc) is 3.48. The number of carbonyl (C=O) groups excluding carboxylic acids is 2. The van der Waals surface area contributed by atoms with Gasteiger partial charge < -0.3 is 16.0 Å². The minimum absolute atomic E-state index is 0.000216. The highest BCUT2D eigenvalue weighted by molar-refractivity contribution is 7.17. The van der Waals surface area contributed by atoms with Crippen molar-refractivity contribution in [2.75, 3.05) is 11.1 Å². The standard InChI is InChI=1S/C27H22N8O2S/c1-13(36)21-4-5-22(38-21)19-11-31-12-20-24(19)35-26(34-20)23(28)18-7-16(9-32-25(18)29)15-6-17(10-30-8-15)33-27(37)14-2-3-14/h4-12,14,28H,2-3H2,1H3,(H2,29,32)(H,33,37)(H,34,35). The van der Waals surface area contributed by atoms with Gasteiger partial charge >= 0.3 is 0 Å². The quantitative estimate of drug-likeness (QED) is 0.178. The maximum atomic E-state index is 12.2. The van der Waals surface area contributed by atoms with Gasteiger partial charge in [-0.15, -0.1) is 11.3 Å². The number of anilines is 2. The zero-order chi connectivity index (χ0) is 26.4. The molecule has 5 N–H and O–H groups in total. The molecule has 1 aliphatic rings. The van der Waals surface area contributed by atoms with Gasteiger partial charge in [0.1, 0.15) is 17.0 Å². The minimum Gasteiger partial charge on any atom is -0.383 e. The Morgan fingerprint density at radius 2 is 1.87 bits per heavy atom. The summed E-state index contributed by atoms with van der Waals surface area (Å²) in [7, 11) is 0. The molecule has 38 heavy (non-hydrogen) atoms. The van der Waals surface area contributed by atoms with Crippen molar-refractivity contribution in [1.29, 1.82) is 5.41 Å². The van der Waals surface area contributed by atoms with E-state index < -0.39 is 0 Å². The molecule has 1 amide bonds. The number of hydrogen-bond donors (Lipinski definition) is 4. The van der Waals surface area contributed by atoms with Crippen LogP contribution < -0.4 is 11.1 Å². The molecule has 5 aromatic heterocycles. The van der Waals surface area contributed by atoms with Gasteiger partial charge in [-0.25, -0.2) is 9.97 Å². The van der Waals surface area contributed by atoms with E-state index in [0.29, 0.717) is 38.5 Å². The number of ketones is 1. The number of H-pyrrole nitrogens is 1. The number of nitrogen functional groups attached to an aromatic ring is 1. The third-order valence-corrected chi connectivity index (χ3v) is 7.54. The molecule has 6 rings (SSSR count). The van der Waals surface area contributed by atoms with Crippen LogP contribution in [0.4, 0.5) is 11.5 Å². The molecular formula is C27H22N8O2S. The molecule has 5 heterocycles. The molecule has 10 nitrogen and oxygen atoms in total. The predicted molar refractivity (Wildman–Crippen MR) is 146 cm³/mol. The number of aromatic amines is 1. The first-order valence-electron chi connectivity index (χ1n) is 11.9. The number of aromatic nitrogens is 5. The first kappa shape index (κ1) is 23.6. The molecule has 5 aromatic rings. The predicted octanol–water partition coefficient (Wildman–Crippen LogP) is 4.69. The summed E-state index contributed by atoms with van der Waals surface area (Å²) in [6.07, 6.45) is 10.1. The van der Waals surface area contributed by atoms with E-state index in [1.807, 2.05) is 12.1 Å². The van der Waals surface area contributed by atoms with E-state index in [9.17, 15) is 9.59 Å². The molecule has 1 fully saturated rings. The zero-order valence-corrected chi connectivity index (χ0v) is 21.1. The lowest BCUT2D eigenvalue weighted by Crippen LogP contribution is -2.13. The number of nitrogens with zero attached hydrogens (tertiary/aromatic N) is 4. The molecule has 0 saturated heterocycles. The molecule has 1 aliphatic carbocycles. The van der Waals surface area contributed by atoms with Gasteiger partial charge in [0.2, 0.25) is 5.91 Å². The SMILES string of the molecule is CC(=O)c1ccc(-c2cncc3[nH]c(C(=N)c4cc(-c5cncc(NC(=O)C6CC6)c5)cnc4N)nc23)s1. The van der Waals surface area contributed by atoms with Gasteiger partial charge in [-0.3, -0.25) is 25.0 Å². The Morgan fingerprint density at radius 3 is 2.63 bits per heavy atom. The number of nitrogens with one attached hydrogen (secondary N) is 3. The number of imidazole rings is 1. The smallest absolute Gasteiger partial charge is 0.227 e. The topological polar surface area (TPSA) is 163 Å². The van der Waals surface area contributed by atoms with Crippen LogP contribution in [-0.2, 0) is 4.79 Å². The zero-order valence-electron chi connectivity index (χ0n) is 20.3. The van der Waals surface area contributed by atoms with Crippen molar-refractivity contribution in [2.24, 2.45) is 5.92 Å². The molecule has 0 bridgehead atoms. The lowest BCUT2D eigenvalue weighted by atomic mass is 10.0. The molecule has 0 atom stereocenters. The van der Waals surface area contributed by atoms with E-state index in [0.717, 1.165) is 28.8 Å². The van der Waals surface area contributed by atoms with Gasteiger partial charge in [0.05, 0.1) is 28.5 Å². The Bertz CT molecular complexity index is 1750. The van der Waals surface area contributed by atoms with E-state index in [2.05, 4.69) is 25.3 Å². The number of amides is 1. The Morgan fingerprint density at radius 1 is 1.08 bits per heavy atom. The monoisotopic (exact) mass is 522 g/mol. The summed E-state index contributed by atoms with van der Waals surface area (Å²) < 4.78 is 0. The number of carbonyl (C=O) groups is 2. The van der Waals surface area contributed by atoms with E-state index in [-0.39, 0.29) is 29.1 Å². The normalized spacial score (nSPS) is 13.0. The van der Waals surface area contributed by atoms with Crippen molar-refractivity contribution in [3.05, 3.63) is 71.5 Å². The second-order valence-electron chi connectivity index (χ2n) is 9.15. The molecule has 188 valence electrons. The number of fused-ring (bicyclic) bond motifs is 1. The average molecular weight is 523 g/mol. The van der Waals surface area contributed by atoms with Crippen LogP contribution in [0.3, 0.4) is 0 Å². The fourth-order valence-electron chi connectivity index (χ4n) is 4.12. The van der Waals surface area contributed by atoms with Crippen molar-refractivity contribution in [1.82, 2.24) is 24.9 Å². The summed E-state index contributed by atoms with van der Waals surface area (Å²) in [5.74, 6) is 0.583. The Hall–Kier alpha value is -4.77. The fourth-order valence-corrected chi connectivity index (χ4v) is 5.03. The van der Waals surface area contributed by atoms with Gasteiger partial charge in [-0.2, -0.15) is 0 Å². The molecule has 0 spiro atoms. The number of rotatable bonds is 7. The van der Waals surface area contributed by atoms with Crippen LogP contribution in [0, 0.1) is 11.3 Å². The molecule has 0 aromatic carbocycles. The third kappa shape index (κ3) is 4.43. The summed E-state index contributed by atoms with van der Waals surface area (Å²) in [4.78, 5) is 46.2. The second-order valence-corrected chi connectivity index (χ2v) is 10.2. The van der Waals surface area contributed by atoms with Crippen molar-refractivity contribution < 1.29 is 9.59 Å². The molecule has 0 radical (unpaired) electrons. The first-order chi connectivity index (χ1) is 18.4. The van der Waals surface area contributed by atoms with Crippen LogP contribution in [-0.4, -0.2) is 42.3 Å². The summed E-state index contributed by atoms with van der Waals surface area (Å²) in [6, 6.07) is 7.25. The van der Waals surface area contributed by atoms with E-state index in [1.165, 1.54) is 18.3 Å². The van der Waals surface area contributed by atoms with Crippen molar-refractivity contribution >= 4 is 51.3 Å². The minimum atomic E-state index is -0.000216. The van der Waals surface area contributed by atoms with Crippen LogP contribution in [0.1, 0.15) is 40.8 Å². The maximum Gasteiger partial charge on any atom is 0.227 e. The summed E-state index contributed by atoms with van der Waals surface area (Å²) >= 11 is 1.38. The van der Waals surface area contributed by atoms with Gasteiger partial charge in [0, 0.05) is 51.6 Å². The number of thiophene rings is 1. The van der Waals surface area contributed by atoms with Crippen LogP contribution in [0.5, 0.6) is 0 Å². The summed E-state index contributed by atoms with van der Waals surface area (Å²) in [5, 5.41) is 11.8. The van der Waals surface area contributed by atoms with Crippen LogP contribution >= 0.6 is 11.3 Å². The summed E-state index contributed by atoms with van der Waals surface area (Å²) in [6.45, 7) is 1.53. The molecular weight excluding hydrogens is 500 g/mol. The van der Waals surface area contributed by atoms with Gasteiger partial charge in [0.25, 0.3) is 0 Å². The maximum absolute atomic E-state index is 12.2. The lowest BCUT2D eigenvalue weighted by Gasteiger charge is -2.10. The third-order valence-electron chi connectivity index (χ3n) is 6.32. The Labute approximate surface area is 220 Å². The van der Waals surface area contributed by atoms with E-state index in [4.69, 9.17) is 16.1 Å². The van der Waals surface area contributed by atoms with Crippen molar-refractivity contribution in [2.45, 2.75) is 19.8 Å². The molecule has 1 saturated carbocycles. The second kappa shape index (κ2) is 9.27. The van der Waals surface area contributed by atoms with Crippen LogP contribution in [0.15, 0.2) is 55.2 Å². The number of pyridine rings is 3. The van der Waals surface area contributed by atoms with Crippen LogP contribution in [0.2, 0.25) is 0 Å². The largest absolute Gasteiger partial charge is 0.383 e. The highest BCUT2D eigenvalue weighted by Gasteiger charge is 2.29. The van der Waals surface area contributed by atoms with Crippen LogP contribution in [0.25, 0.3) is 32.6 Å². The van der Waals surface area contributed by atoms with Gasteiger partial charge in [-0.05, 0) is 44.0 Å². The van der Waals surface area contributed by atoms with E-state index >= 15 is 0 Å². The molecule has 0 aliphatic heterocycles. The Kier molecular flexibility index (Phi) is 5.76. The lowest BCUT2D eigenvalue weighted by molar-refractivity contribution is -0.117.